The van der Waals surface area contributed by atoms with E-state index >= 15 is 0 Å². The summed E-state index contributed by atoms with van der Waals surface area (Å²) in [5.74, 6) is 1.28. The van der Waals surface area contributed by atoms with E-state index in [1.165, 1.54) is 0 Å². The molecule has 0 spiro atoms. The van der Waals surface area contributed by atoms with Gasteiger partial charge in [0.25, 0.3) is 0 Å². The summed E-state index contributed by atoms with van der Waals surface area (Å²) in [4.78, 5) is 14.5. The second-order valence-corrected chi connectivity index (χ2v) is 6.89. The molecule has 1 aromatic rings. The van der Waals surface area contributed by atoms with E-state index in [4.69, 9.17) is 4.74 Å². The molecule has 2 amide bonds. The molecule has 6 nitrogen and oxygen atoms in total. The van der Waals surface area contributed by atoms with Gasteiger partial charge in [-0.25, -0.2) is 4.79 Å². The number of rotatable bonds is 5. The van der Waals surface area contributed by atoms with E-state index in [2.05, 4.69) is 22.6 Å². The number of fused-ring (bicyclic) bond motifs is 1. The summed E-state index contributed by atoms with van der Waals surface area (Å²) < 4.78 is 7.07. The van der Waals surface area contributed by atoms with Gasteiger partial charge in [-0.3, -0.25) is 4.68 Å². The molecular formula is C18H28N4O2. The van der Waals surface area contributed by atoms with E-state index in [-0.39, 0.29) is 6.03 Å². The fourth-order valence-electron chi connectivity index (χ4n) is 3.84. The summed E-state index contributed by atoms with van der Waals surface area (Å²) >= 11 is 0. The number of hydrogen-bond acceptors (Lipinski definition) is 3. The Labute approximate surface area is 143 Å². The van der Waals surface area contributed by atoms with Crippen LogP contribution in [0.4, 0.5) is 4.79 Å². The molecule has 0 radical (unpaired) electrons. The predicted octanol–water partition coefficient (Wildman–Crippen LogP) is 2.25. The fraction of sp³-hybridized carbons (Fsp3) is 0.667. The second-order valence-electron chi connectivity index (χ2n) is 6.89. The van der Waals surface area contributed by atoms with Crippen LogP contribution >= 0.6 is 0 Å². The van der Waals surface area contributed by atoms with Gasteiger partial charge >= 0.3 is 6.03 Å². The molecule has 1 N–H and O–H groups in total. The number of hydrogen-bond donors (Lipinski definition) is 1. The fourth-order valence-corrected chi connectivity index (χ4v) is 3.84. The largest absolute Gasteiger partial charge is 0.383 e. The van der Waals surface area contributed by atoms with Crippen molar-refractivity contribution >= 4 is 6.03 Å². The van der Waals surface area contributed by atoms with Crippen LogP contribution in [0.5, 0.6) is 0 Å². The molecule has 1 aliphatic carbocycles. The van der Waals surface area contributed by atoms with Gasteiger partial charge in [-0.1, -0.05) is 12.2 Å². The van der Waals surface area contributed by atoms with Gasteiger partial charge in [0.1, 0.15) is 0 Å². The van der Waals surface area contributed by atoms with Gasteiger partial charge in [0.15, 0.2) is 0 Å². The number of ether oxygens (including phenoxy) is 1. The second kappa shape index (κ2) is 7.38. The number of nitrogens with zero attached hydrogens (tertiary/aromatic N) is 3. The Balaban J connectivity index is 1.56. The highest BCUT2D eigenvalue weighted by Crippen LogP contribution is 2.32. The molecule has 0 aromatic carbocycles. The molecule has 2 unspecified atom stereocenters. The number of carbonyl (C=O) groups is 1. The van der Waals surface area contributed by atoms with Crippen LogP contribution in [0.15, 0.2) is 12.2 Å². The van der Waals surface area contributed by atoms with E-state index in [1.807, 2.05) is 23.4 Å². The molecule has 24 heavy (non-hydrogen) atoms. The quantitative estimate of drug-likeness (QED) is 0.842. The molecule has 2 atom stereocenters. The summed E-state index contributed by atoms with van der Waals surface area (Å²) in [6.45, 7) is 7.71. The average molecular weight is 332 g/mol. The van der Waals surface area contributed by atoms with E-state index < -0.39 is 0 Å². The standard InChI is InChI=1S/C18H28N4O2/c1-13-17(14(2)22(20-13)8-9-24-3)10-19-18(23)21-11-15-6-4-5-7-16(15)12-21/h4-5,15-16H,6-12H2,1-3H3,(H,19,23). The molecule has 2 aliphatic rings. The van der Waals surface area contributed by atoms with Crippen LogP contribution in [0.2, 0.25) is 0 Å². The van der Waals surface area contributed by atoms with Crippen LogP contribution < -0.4 is 5.32 Å². The maximum Gasteiger partial charge on any atom is 0.317 e. The third-order valence-electron chi connectivity index (χ3n) is 5.36. The molecule has 1 saturated heterocycles. The Kier molecular flexibility index (Phi) is 5.23. The van der Waals surface area contributed by atoms with Crippen molar-refractivity contribution in [3.05, 3.63) is 29.1 Å². The van der Waals surface area contributed by atoms with Crippen LogP contribution in [-0.2, 0) is 17.8 Å². The van der Waals surface area contributed by atoms with Gasteiger partial charge < -0.3 is 15.0 Å². The van der Waals surface area contributed by atoms with Crippen molar-refractivity contribution in [3.8, 4) is 0 Å². The highest BCUT2D eigenvalue weighted by Gasteiger charge is 2.35. The number of likely N-dealkylation sites (tertiary alicyclic amines) is 1. The Morgan fingerprint density at radius 2 is 1.96 bits per heavy atom. The van der Waals surface area contributed by atoms with Crippen molar-refractivity contribution in [1.82, 2.24) is 20.0 Å². The smallest absolute Gasteiger partial charge is 0.317 e. The van der Waals surface area contributed by atoms with Crippen molar-refractivity contribution in [3.63, 3.8) is 0 Å². The van der Waals surface area contributed by atoms with Gasteiger partial charge in [0, 0.05) is 38.0 Å². The maximum absolute atomic E-state index is 12.5. The number of methoxy groups -OCH3 is 1. The molecule has 1 aromatic heterocycles. The van der Waals surface area contributed by atoms with E-state index in [0.29, 0.717) is 25.0 Å². The molecular weight excluding hydrogens is 304 g/mol. The highest BCUT2D eigenvalue weighted by atomic mass is 16.5. The van der Waals surface area contributed by atoms with Crippen molar-refractivity contribution in [2.24, 2.45) is 11.8 Å². The van der Waals surface area contributed by atoms with Crippen molar-refractivity contribution in [2.75, 3.05) is 26.8 Å². The molecule has 2 heterocycles. The predicted molar refractivity (Wildman–Crippen MR) is 92.7 cm³/mol. The zero-order valence-corrected chi connectivity index (χ0v) is 14.9. The lowest BCUT2D eigenvalue weighted by Gasteiger charge is -2.17. The molecule has 6 heteroatoms. The van der Waals surface area contributed by atoms with Crippen LogP contribution in [0.1, 0.15) is 29.8 Å². The number of aryl methyl sites for hydroxylation is 1. The maximum atomic E-state index is 12.5. The van der Waals surface area contributed by atoms with Gasteiger partial charge in [0.2, 0.25) is 0 Å². The molecule has 1 aliphatic heterocycles. The zero-order valence-electron chi connectivity index (χ0n) is 14.9. The van der Waals surface area contributed by atoms with Crippen molar-refractivity contribution < 1.29 is 9.53 Å². The summed E-state index contributed by atoms with van der Waals surface area (Å²) in [6, 6.07) is 0.0489. The number of urea groups is 1. The summed E-state index contributed by atoms with van der Waals surface area (Å²) in [5, 5.41) is 7.63. The van der Waals surface area contributed by atoms with E-state index in [1.54, 1.807) is 7.11 Å². The third kappa shape index (κ3) is 3.48. The van der Waals surface area contributed by atoms with Gasteiger partial charge in [-0.15, -0.1) is 0 Å². The zero-order chi connectivity index (χ0) is 17.1. The van der Waals surface area contributed by atoms with Crippen LogP contribution in [0.3, 0.4) is 0 Å². The highest BCUT2D eigenvalue weighted by molar-refractivity contribution is 5.74. The minimum Gasteiger partial charge on any atom is -0.383 e. The Hall–Kier alpha value is -1.82. The number of nitrogens with one attached hydrogen (secondary N) is 1. The van der Waals surface area contributed by atoms with Gasteiger partial charge in [-0.2, -0.15) is 5.10 Å². The lowest BCUT2D eigenvalue weighted by molar-refractivity contribution is 0.182. The molecule has 0 saturated carbocycles. The number of amides is 2. The minimum absolute atomic E-state index is 0.0489. The summed E-state index contributed by atoms with van der Waals surface area (Å²) in [6.07, 6.45) is 6.73. The van der Waals surface area contributed by atoms with Crippen LogP contribution in [-0.4, -0.2) is 47.5 Å². The third-order valence-corrected chi connectivity index (χ3v) is 5.36. The molecule has 1 fully saturated rings. The first-order valence-electron chi connectivity index (χ1n) is 8.79. The SMILES string of the molecule is COCCn1nc(C)c(CNC(=O)N2CC3CC=CCC3C2)c1C. The number of allylic oxidation sites excluding steroid dienone is 2. The van der Waals surface area contributed by atoms with Crippen molar-refractivity contribution in [1.29, 1.82) is 0 Å². The number of aromatic nitrogens is 2. The number of carbonyl (C=O) groups excluding carboxylic acids is 1. The first kappa shape index (κ1) is 17.0. The Morgan fingerprint density at radius 3 is 2.58 bits per heavy atom. The Bertz CT molecular complexity index is 607. The normalized spacial score (nSPS) is 22.7. The monoisotopic (exact) mass is 332 g/mol. The minimum atomic E-state index is 0.0489. The first-order chi connectivity index (χ1) is 11.6. The lowest BCUT2D eigenvalue weighted by atomic mass is 9.86. The van der Waals surface area contributed by atoms with Crippen LogP contribution in [0, 0.1) is 25.7 Å². The van der Waals surface area contributed by atoms with E-state index in [0.717, 1.165) is 49.4 Å². The molecule has 3 rings (SSSR count). The summed E-state index contributed by atoms with van der Waals surface area (Å²) in [7, 11) is 1.69. The van der Waals surface area contributed by atoms with Crippen molar-refractivity contribution in [2.45, 2.75) is 39.8 Å². The Morgan fingerprint density at radius 1 is 1.29 bits per heavy atom. The van der Waals surface area contributed by atoms with E-state index in [9.17, 15) is 4.79 Å². The molecule has 132 valence electrons. The summed E-state index contributed by atoms with van der Waals surface area (Å²) in [5.41, 5.74) is 3.19. The molecule has 0 bridgehead atoms. The topological polar surface area (TPSA) is 59.4 Å². The van der Waals surface area contributed by atoms with Crippen LogP contribution in [0.25, 0.3) is 0 Å². The lowest BCUT2D eigenvalue weighted by Crippen LogP contribution is -2.38. The van der Waals surface area contributed by atoms with Gasteiger partial charge in [-0.05, 0) is 38.5 Å². The first-order valence-corrected chi connectivity index (χ1v) is 8.79. The average Bonchev–Trinajstić information content (AvgIpc) is 3.12. The van der Waals surface area contributed by atoms with Gasteiger partial charge in [0.05, 0.1) is 18.8 Å².